The molecule has 0 aliphatic carbocycles. The number of nitrogens with two attached hydrogens (primary N) is 2. The largest absolute Gasteiger partial charge is 0.325 e. The zero-order chi connectivity index (χ0) is 14.5. The smallest absolute Gasteiger partial charge is 0.296 e. The van der Waals surface area contributed by atoms with E-state index in [1.54, 1.807) is 12.1 Å². The van der Waals surface area contributed by atoms with E-state index in [0.29, 0.717) is 5.69 Å². The van der Waals surface area contributed by atoms with Crippen molar-refractivity contribution in [3.05, 3.63) is 24.3 Å². The molecule has 0 spiro atoms. The third-order valence-electron chi connectivity index (χ3n) is 2.06. The van der Waals surface area contributed by atoms with Crippen LogP contribution in [0.2, 0.25) is 0 Å². The summed E-state index contributed by atoms with van der Waals surface area (Å²) in [5, 5.41) is 7.36. The maximum atomic E-state index is 11.6. The first-order chi connectivity index (χ1) is 8.81. The molecule has 1 unspecified atom stereocenters. The lowest BCUT2D eigenvalue weighted by Gasteiger charge is -2.11. The SMILES string of the molecule is C#CCC(N)C(=O)Nc1cccc(NS(N)(=O)=O)c1. The first kappa shape index (κ1) is 15.0. The number of amides is 1. The number of carbonyl (C=O) groups excluding carboxylic acids is 1. The van der Waals surface area contributed by atoms with Crippen LogP contribution >= 0.6 is 0 Å². The van der Waals surface area contributed by atoms with Crippen molar-refractivity contribution in [3.8, 4) is 12.3 Å². The van der Waals surface area contributed by atoms with E-state index in [9.17, 15) is 13.2 Å². The second kappa shape index (κ2) is 6.19. The van der Waals surface area contributed by atoms with E-state index in [2.05, 4.69) is 16.0 Å². The molecule has 6 N–H and O–H groups in total. The number of benzene rings is 1. The van der Waals surface area contributed by atoms with Crippen molar-refractivity contribution in [2.24, 2.45) is 10.9 Å². The maximum absolute atomic E-state index is 11.6. The van der Waals surface area contributed by atoms with Gasteiger partial charge in [-0.2, -0.15) is 8.42 Å². The number of nitrogens with one attached hydrogen (secondary N) is 2. The molecule has 0 fully saturated rings. The highest BCUT2D eigenvalue weighted by atomic mass is 32.2. The lowest BCUT2D eigenvalue weighted by molar-refractivity contribution is -0.117. The summed E-state index contributed by atoms with van der Waals surface area (Å²) in [6.07, 6.45) is 5.17. The van der Waals surface area contributed by atoms with Crippen molar-refractivity contribution in [3.63, 3.8) is 0 Å². The second-order valence-electron chi connectivity index (χ2n) is 3.73. The van der Waals surface area contributed by atoms with E-state index in [4.69, 9.17) is 17.3 Å². The Morgan fingerprint density at radius 1 is 1.42 bits per heavy atom. The third kappa shape index (κ3) is 5.39. The van der Waals surface area contributed by atoms with Gasteiger partial charge in [0.2, 0.25) is 5.91 Å². The molecule has 0 bridgehead atoms. The van der Waals surface area contributed by atoms with Crippen molar-refractivity contribution >= 4 is 27.5 Å². The maximum Gasteiger partial charge on any atom is 0.296 e. The van der Waals surface area contributed by atoms with Crippen LogP contribution in [0.4, 0.5) is 11.4 Å². The summed E-state index contributed by atoms with van der Waals surface area (Å²) in [7, 11) is -3.86. The van der Waals surface area contributed by atoms with Gasteiger partial charge in [0.25, 0.3) is 10.2 Å². The fourth-order valence-corrected chi connectivity index (χ4v) is 1.73. The van der Waals surface area contributed by atoms with Gasteiger partial charge in [-0.15, -0.1) is 12.3 Å². The van der Waals surface area contributed by atoms with Crippen LogP contribution in [0.5, 0.6) is 0 Å². The summed E-state index contributed by atoms with van der Waals surface area (Å²) >= 11 is 0. The van der Waals surface area contributed by atoms with Crippen LogP contribution in [0, 0.1) is 12.3 Å². The van der Waals surface area contributed by atoms with Gasteiger partial charge < -0.3 is 11.1 Å². The number of terminal acetylenes is 1. The van der Waals surface area contributed by atoms with E-state index in [1.165, 1.54) is 12.1 Å². The molecule has 1 atom stereocenters. The van der Waals surface area contributed by atoms with E-state index < -0.39 is 22.2 Å². The molecular weight excluding hydrogens is 268 g/mol. The molecule has 1 amide bonds. The van der Waals surface area contributed by atoms with E-state index in [0.717, 1.165) is 0 Å². The standard InChI is InChI=1S/C11H14N4O3S/c1-2-4-10(12)11(16)14-8-5-3-6-9(7-8)15-19(13,17)18/h1,3,5-7,10,15H,4,12H2,(H,14,16)(H2,13,17,18). The molecule has 19 heavy (non-hydrogen) atoms. The van der Waals surface area contributed by atoms with Crippen LogP contribution < -0.4 is 20.9 Å². The van der Waals surface area contributed by atoms with Crippen molar-refractivity contribution < 1.29 is 13.2 Å². The lowest BCUT2D eigenvalue weighted by atomic mass is 10.2. The number of carbonyl (C=O) groups is 1. The first-order valence-electron chi connectivity index (χ1n) is 5.22. The minimum atomic E-state index is -3.86. The molecular formula is C11H14N4O3S. The van der Waals surface area contributed by atoms with E-state index in [1.807, 2.05) is 0 Å². The lowest BCUT2D eigenvalue weighted by Crippen LogP contribution is -2.35. The second-order valence-corrected chi connectivity index (χ2v) is 5.03. The zero-order valence-electron chi connectivity index (χ0n) is 9.96. The predicted octanol–water partition coefficient (Wildman–Crippen LogP) is -0.409. The van der Waals surface area contributed by atoms with Gasteiger partial charge in [0.15, 0.2) is 0 Å². The molecule has 1 aromatic carbocycles. The topological polar surface area (TPSA) is 127 Å². The Bertz CT molecular complexity index is 607. The zero-order valence-corrected chi connectivity index (χ0v) is 10.8. The summed E-state index contributed by atoms with van der Waals surface area (Å²) in [5.74, 6) is 1.83. The minimum absolute atomic E-state index is 0.112. The van der Waals surface area contributed by atoms with Crippen molar-refractivity contribution in [2.75, 3.05) is 10.0 Å². The van der Waals surface area contributed by atoms with Gasteiger partial charge in [-0.05, 0) is 18.2 Å². The van der Waals surface area contributed by atoms with Gasteiger partial charge in [0, 0.05) is 12.1 Å². The van der Waals surface area contributed by atoms with Crippen LogP contribution in [-0.4, -0.2) is 20.4 Å². The molecule has 0 radical (unpaired) electrons. The quantitative estimate of drug-likeness (QED) is 0.547. The fourth-order valence-electron chi connectivity index (χ4n) is 1.28. The van der Waals surface area contributed by atoms with Crippen molar-refractivity contribution in [2.45, 2.75) is 12.5 Å². The molecule has 0 aliphatic heterocycles. The Hall–Kier alpha value is -2.08. The third-order valence-corrected chi connectivity index (χ3v) is 2.58. The Morgan fingerprint density at radius 3 is 2.63 bits per heavy atom. The molecule has 0 aliphatic rings. The molecule has 0 aromatic heterocycles. The Balaban J connectivity index is 2.78. The first-order valence-corrected chi connectivity index (χ1v) is 6.77. The molecule has 0 saturated heterocycles. The average Bonchev–Trinajstić information content (AvgIpc) is 2.27. The average molecular weight is 282 g/mol. The number of anilines is 2. The molecule has 0 saturated carbocycles. The normalized spacial score (nSPS) is 12.3. The highest BCUT2D eigenvalue weighted by molar-refractivity contribution is 7.90. The summed E-state index contributed by atoms with van der Waals surface area (Å²) in [6.45, 7) is 0. The number of hydrogen-bond donors (Lipinski definition) is 4. The van der Waals surface area contributed by atoms with Gasteiger partial charge in [-0.1, -0.05) is 6.07 Å². The summed E-state index contributed by atoms with van der Waals surface area (Å²) in [6, 6.07) is 5.21. The van der Waals surface area contributed by atoms with Gasteiger partial charge in [-0.25, -0.2) is 5.14 Å². The van der Waals surface area contributed by atoms with Crippen LogP contribution in [-0.2, 0) is 15.0 Å². The van der Waals surface area contributed by atoms with Crippen LogP contribution in [0.25, 0.3) is 0 Å². The predicted molar refractivity (Wildman–Crippen MR) is 73.2 cm³/mol. The van der Waals surface area contributed by atoms with Gasteiger partial charge in [0.05, 0.1) is 11.7 Å². The molecule has 8 heteroatoms. The number of hydrogen-bond acceptors (Lipinski definition) is 4. The van der Waals surface area contributed by atoms with Gasteiger partial charge in [-0.3, -0.25) is 9.52 Å². The molecule has 102 valence electrons. The Morgan fingerprint density at radius 2 is 2.05 bits per heavy atom. The Kier molecular flexibility index (Phi) is 4.88. The van der Waals surface area contributed by atoms with Crippen LogP contribution in [0.3, 0.4) is 0 Å². The highest BCUT2D eigenvalue weighted by Gasteiger charge is 2.12. The highest BCUT2D eigenvalue weighted by Crippen LogP contribution is 2.15. The van der Waals surface area contributed by atoms with Crippen LogP contribution in [0.1, 0.15) is 6.42 Å². The number of rotatable bonds is 5. The van der Waals surface area contributed by atoms with Gasteiger partial charge >= 0.3 is 0 Å². The summed E-state index contributed by atoms with van der Waals surface area (Å²) < 4.78 is 23.8. The summed E-state index contributed by atoms with van der Waals surface area (Å²) in [4.78, 5) is 11.6. The van der Waals surface area contributed by atoms with E-state index in [-0.39, 0.29) is 12.1 Å². The molecule has 7 nitrogen and oxygen atoms in total. The monoisotopic (exact) mass is 282 g/mol. The summed E-state index contributed by atoms with van der Waals surface area (Å²) in [5.41, 5.74) is 6.14. The fraction of sp³-hybridized carbons (Fsp3) is 0.182. The van der Waals surface area contributed by atoms with Crippen molar-refractivity contribution in [1.29, 1.82) is 0 Å². The van der Waals surface area contributed by atoms with Gasteiger partial charge in [0.1, 0.15) is 0 Å². The van der Waals surface area contributed by atoms with Crippen LogP contribution in [0.15, 0.2) is 24.3 Å². The minimum Gasteiger partial charge on any atom is -0.325 e. The Labute approximate surface area is 111 Å². The molecule has 1 rings (SSSR count). The molecule has 1 aromatic rings. The molecule has 0 heterocycles. The van der Waals surface area contributed by atoms with Crippen molar-refractivity contribution in [1.82, 2.24) is 0 Å². The van der Waals surface area contributed by atoms with E-state index >= 15 is 0 Å².